The van der Waals surface area contributed by atoms with Crippen LogP contribution < -0.4 is 0 Å². The minimum absolute atomic E-state index is 0.139. The van der Waals surface area contributed by atoms with Gasteiger partial charge in [-0.15, -0.1) is 0 Å². The molecular formula is C19H18O3. The minimum Gasteiger partial charge on any atom is -0.465 e. The molecule has 3 nitrogen and oxygen atoms in total. The summed E-state index contributed by atoms with van der Waals surface area (Å²) in [6.07, 6.45) is 0. The fourth-order valence-electron chi connectivity index (χ4n) is 3.11. The molecule has 0 fully saturated rings. The molecule has 2 aromatic rings. The number of carbonyl (C=O) groups is 2. The van der Waals surface area contributed by atoms with Gasteiger partial charge in [-0.05, 0) is 25.0 Å². The van der Waals surface area contributed by atoms with Crippen LogP contribution in [0.2, 0.25) is 0 Å². The van der Waals surface area contributed by atoms with E-state index in [0.717, 1.165) is 16.7 Å². The Bertz CT molecular complexity index is 716. The lowest BCUT2D eigenvalue weighted by Crippen LogP contribution is -2.27. The summed E-state index contributed by atoms with van der Waals surface area (Å²) in [6, 6.07) is 15.4. The molecule has 3 heteroatoms. The molecule has 1 aliphatic carbocycles. The second-order valence-electron chi connectivity index (χ2n) is 5.57. The molecule has 0 amide bonds. The van der Waals surface area contributed by atoms with Gasteiger partial charge < -0.3 is 4.74 Å². The van der Waals surface area contributed by atoms with Crippen LogP contribution in [0.1, 0.15) is 39.9 Å². The first-order valence-electron chi connectivity index (χ1n) is 7.49. The van der Waals surface area contributed by atoms with Gasteiger partial charge in [-0.2, -0.15) is 0 Å². The summed E-state index contributed by atoms with van der Waals surface area (Å²) < 4.78 is 5.14. The van der Waals surface area contributed by atoms with Crippen LogP contribution in [-0.4, -0.2) is 18.4 Å². The second kappa shape index (κ2) is 5.76. The average molecular weight is 294 g/mol. The van der Waals surface area contributed by atoms with Crippen molar-refractivity contribution < 1.29 is 14.3 Å². The van der Waals surface area contributed by atoms with Crippen LogP contribution in [0.5, 0.6) is 0 Å². The Kier molecular flexibility index (Phi) is 3.80. The fraction of sp³-hybridized carbons (Fsp3) is 0.263. The number of aryl methyl sites for hydroxylation is 1. The molecule has 0 saturated heterocycles. The summed E-state index contributed by atoms with van der Waals surface area (Å²) >= 11 is 0. The largest absolute Gasteiger partial charge is 0.465 e. The van der Waals surface area contributed by atoms with Gasteiger partial charge >= 0.3 is 5.97 Å². The summed E-state index contributed by atoms with van der Waals surface area (Å²) in [5, 5.41) is 0. The monoisotopic (exact) mass is 294 g/mol. The summed E-state index contributed by atoms with van der Waals surface area (Å²) in [6.45, 7) is 4.05. The van der Waals surface area contributed by atoms with Crippen LogP contribution in [0.3, 0.4) is 0 Å². The first-order valence-corrected chi connectivity index (χ1v) is 7.49. The molecule has 0 bridgehead atoms. The van der Waals surface area contributed by atoms with Gasteiger partial charge in [0.1, 0.15) is 5.92 Å². The zero-order valence-corrected chi connectivity index (χ0v) is 12.7. The number of ether oxygens (including phenoxy) is 1. The van der Waals surface area contributed by atoms with Gasteiger partial charge in [0.15, 0.2) is 5.78 Å². The van der Waals surface area contributed by atoms with Crippen LogP contribution in [0.25, 0.3) is 0 Å². The van der Waals surface area contributed by atoms with Crippen molar-refractivity contribution >= 4 is 11.8 Å². The molecule has 0 N–H and O–H groups in total. The quantitative estimate of drug-likeness (QED) is 0.643. The lowest BCUT2D eigenvalue weighted by Gasteiger charge is -2.18. The van der Waals surface area contributed by atoms with Crippen LogP contribution in [0.4, 0.5) is 0 Å². The predicted molar refractivity (Wildman–Crippen MR) is 83.9 cm³/mol. The number of carbonyl (C=O) groups excluding carboxylic acids is 2. The second-order valence-corrected chi connectivity index (χ2v) is 5.57. The molecule has 0 heterocycles. The Morgan fingerprint density at radius 1 is 1.09 bits per heavy atom. The van der Waals surface area contributed by atoms with Crippen molar-refractivity contribution in [3.8, 4) is 0 Å². The first kappa shape index (κ1) is 14.5. The third-order valence-electron chi connectivity index (χ3n) is 4.15. The average Bonchev–Trinajstić information content (AvgIpc) is 2.82. The third-order valence-corrected chi connectivity index (χ3v) is 4.15. The standard InChI is InChI=1S/C19H18O3/c1-3-22-19(21)17-16(13-10-8-12(2)9-11-13)14-6-4-5-7-15(14)18(17)20/h4-11,16-17H,3H2,1-2H3/t16-,17+/m1/s1. The summed E-state index contributed by atoms with van der Waals surface area (Å²) in [5.74, 6) is -1.61. The number of Topliss-reactive ketones (excluding diaryl/α,β-unsaturated/α-hetero) is 1. The Morgan fingerprint density at radius 3 is 2.45 bits per heavy atom. The summed E-state index contributed by atoms with van der Waals surface area (Å²) in [5.41, 5.74) is 3.66. The van der Waals surface area contributed by atoms with E-state index in [9.17, 15) is 9.59 Å². The van der Waals surface area contributed by atoms with Crippen molar-refractivity contribution in [2.24, 2.45) is 5.92 Å². The number of hydrogen-bond donors (Lipinski definition) is 0. The van der Waals surface area contributed by atoms with Gasteiger partial charge in [0.25, 0.3) is 0 Å². The molecule has 2 atom stereocenters. The van der Waals surface area contributed by atoms with Gasteiger partial charge in [-0.3, -0.25) is 9.59 Å². The smallest absolute Gasteiger partial charge is 0.317 e. The summed E-state index contributed by atoms with van der Waals surface area (Å²) in [4.78, 5) is 25.0. The van der Waals surface area contributed by atoms with E-state index in [1.54, 1.807) is 13.0 Å². The van der Waals surface area contributed by atoms with E-state index < -0.39 is 11.9 Å². The molecule has 1 aliphatic rings. The van der Waals surface area contributed by atoms with E-state index in [1.165, 1.54) is 0 Å². The highest BCUT2D eigenvalue weighted by Crippen LogP contribution is 2.42. The highest BCUT2D eigenvalue weighted by Gasteiger charge is 2.45. The Balaban J connectivity index is 2.11. The third kappa shape index (κ3) is 2.33. The molecule has 0 radical (unpaired) electrons. The van der Waals surface area contributed by atoms with Gasteiger partial charge in [0, 0.05) is 11.5 Å². The van der Waals surface area contributed by atoms with E-state index in [0.29, 0.717) is 5.56 Å². The maximum Gasteiger partial charge on any atom is 0.317 e. The Labute approximate surface area is 129 Å². The first-order chi connectivity index (χ1) is 10.6. The van der Waals surface area contributed by atoms with Crippen molar-refractivity contribution in [1.29, 1.82) is 0 Å². The molecule has 3 rings (SSSR count). The molecule has 0 aromatic heterocycles. The zero-order valence-electron chi connectivity index (χ0n) is 12.7. The molecule has 22 heavy (non-hydrogen) atoms. The molecule has 112 valence electrons. The number of benzene rings is 2. The Morgan fingerprint density at radius 2 is 1.77 bits per heavy atom. The van der Waals surface area contributed by atoms with Crippen molar-refractivity contribution in [2.45, 2.75) is 19.8 Å². The van der Waals surface area contributed by atoms with Gasteiger partial charge in [0.2, 0.25) is 0 Å². The van der Waals surface area contributed by atoms with E-state index in [2.05, 4.69) is 0 Å². The van der Waals surface area contributed by atoms with Crippen LogP contribution >= 0.6 is 0 Å². The van der Waals surface area contributed by atoms with Crippen LogP contribution in [0, 0.1) is 12.8 Å². The molecule has 0 aliphatic heterocycles. The number of hydrogen-bond acceptors (Lipinski definition) is 3. The minimum atomic E-state index is -0.778. The van der Waals surface area contributed by atoms with Crippen LogP contribution in [0.15, 0.2) is 48.5 Å². The van der Waals surface area contributed by atoms with E-state index in [4.69, 9.17) is 4.74 Å². The van der Waals surface area contributed by atoms with Crippen molar-refractivity contribution in [2.75, 3.05) is 6.61 Å². The van der Waals surface area contributed by atoms with Crippen molar-refractivity contribution in [3.05, 3.63) is 70.8 Å². The topological polar surface area (TPSA) is 43.4 Å². The maximum atomic E-state index is 12.7. The number of esters is 1. The van der Waals surface area contributed by atoms with E-state index in [-0.39, 0.29) is 18.3 Å². The number of rotatable bonds is 3. The molecule has 2 aromatic carbocycles. The highest BCUT2D eigenvalue weighted by molar-refractivity contribution is 6.13. The highest BCUT2D eigenvalue weighted by atomic mass is 16.5. The lowest BCUT2D eigenvalue weighted by molar-refractivity contribution is -0.146. The number of ketones is 1. The normalized spacial score (nSPS) is 19.8. The van der Waals surface area contributed by atoms with Crippen molar-refractivity contribution in [3.63, 3.8) is 0 Å². The molecule has 0 saturated carbocycles. The molecule has 0 unspecified atom stereocenters. The zero-order chi connectivity index (χ0) is 15.7. The van der Waals surface area contributed by atoms with E-state index in [1.807, 2.05) is 49.4 Å². The Hall–Kier alpha value is -2.42. The van der Waals surface area contributed by atoms with E-state index >= 15 is 0 Å². The van der Waals surface area contributed by atoms with Crippen LogP contribution in [-0.2, 0) is 9.53 Å². The molecular weight excluding hydrogens is 276 g/mol. The number of fused-ring (bicyclic) bond motifs is 1. The lowest BCUT2D eigenvalue weighted by atomic mass is 9.85. The van der Waals surface area contributed by atoms with Gasteiger partial charge in [-0.25, -0.2) is 0 Å². The van der Waals surface area contributed by atoms with Gasteiger partial charge in [-0.1, -0.05) is 54.1 Å². The maximum absolute atomic E-state index is 12.7. The summed E-state index contributed by atoms with van der Waals surface area (Å²) in [7, 11) is 0. The fourth-order valence-corrected chi connectivity index (χ4v) is 3.11. The predicted octanol–water partition coefficient (Wildman–Crippen LogP) is 3.50. The van der Waals surface area contributed by atoms with Gasteiger partial charge in [0.05, 0.1) is 6.61 Å². The van der Waals surface area contributed by atoms with Crippen molar-refractivity contribution in [1.82, 2.24) is 0 Å². The SMILES string of the molecule is CCOC(=O)[C@@H]1C(=O)c2ccccc2[C@H]1c1ccc(C)cc1. The molecule has 0 spiro atoms.